The van der Waals surface area contributed by atoms with Crippen molar-refractivity contribution in [2.45, 2.75) is 45.4 Å². The molecule has 0 saturated carbocycles. The van der Waals surface area contributed by atoms with Crippen molar-refractivity contribution in [2.75, 3.05) is 7.11 Å². The van der Waals surface area contributed by atoms with E-state index in [0.29, 0.717) is 24.2 Å². The predicted octanol–water partition coefficient (Wildman–Crippen LogP) is 4.77. The molecule has 0 saturated heterocycles. The fourth-order valence-electron chi connectivity index (χ4n) is 2.60. The maximum absolute atomic E-state index is 12.2. The number of hydrogen-bond acceptors (Lipinski definition) is 3. The Bertz CT molecular complexity index is 719. The first-order valence-corrected chi connectivity index (χ1v) is 8.58. The Labute approximate surface area is 150 Å². The lowest BCUT2D eigenvalue weighted by Gasteiger charge is -2.19. The Balaban J connectivity index is 1.86. The van der Waals surface area contributed by atoms with Gasteiger partial charge in [0.25, 0.3) is 0 Å². The molecule has 132 valence electrons. The van der Waals surface area contributed by atoms with Gasteiger partial charge in [0.05, 0.1) is 13.5 Å². The summed E-state index contributed by atoms with van der Waals surface area (Å²) >= 11 is 0. The quantitative estimate of drug-likeness (QED) is 0.539. The number of carbonyl (C=O) groups excluding carboxylic acids is 2. The van der Waals surface area contributed by atoms with Gasteiger partial charge in [0.15, 0.2) is 5.78 Å². The number of rotatable bonds is 7. The molecule has 2 rings (SSSR count). The topological polar surface area (TPSA) is 43.4 Å². The first-order valence-electron chi connectivity index (χ1n) is 8.58. The van der Waals surface area contributed by atoms with Gasteiger partial charge in [0.1, 0.15) is 11.5 Å². The molecule has 0 heterocycles. The molecule has 0 atom stereocenters. The zero-order valence-electron chi connectivity index (χ0n) is 15.5. The van der Waals surface area contributed by atoms with Crippen molar-refractivity contribution in [2.24, 2.45) is 0 Å². The second-order valence-electron chi connectivity index (χ2n) is 7.31. The van der Waals surface area contributed by atoms with Crippen LogP contribution in [0.1, 0.15) is 55.1 Å². The molecule has 0 bridgehead atoms. The third kappa shape index (κ3) is 5.56. The van der Waals surface area contributed by atoms with Gasteiger partial charge in [-0.05, 0) is 47.2 Å². The van der Waals surface area contributed by atoms with Crippen LogP contribution in [0.25, 0.3) is 0 Å². The van der Waals surface area contributed by atoms with Crippen molar-refractivity contribution in [3.63, 3.8) is 0 Å². The molecule has 0 N–H and O–H groups in total. The number of methoxy groups -OCH3 is 1. The van der Waals surface area contributed by atoms with E-state index in [-0.39, 0.29) is 23.4 Å². The Kier molecular flexibility index (Phi) is 6.13. The third-order valence-electron chi connectivity index (χ3n) is 4.28. The molecular formula is C22H26O3. The zero-order chi connectivity index (χ0) is 18.4. The van der Waals surface area contributed by atoms with Crippen LogP contribution in [0.15, 0.2) is 48.5 Å². The van der Waals surface area contributed by atoms with Crippen molar-refractivity contribution in [3.05, 3.63) is 65.2 Å². The van der Waals surface area contributed by atoms with Crippen LogP contribution in [-0.2, 0) is 16.6 Å². The normalized spacial score (nSPS) is 11.2. The van der Waals surface area contributed by atoms with Crippen LogP contribution >= 0.6 is 0 Å². The average Bonchev–Trinajstić information content (AvgIpc) is 2.59. The summed E-state index contributed by atoms with van der Waals surface area (Å²) < 4.78 is 5.07. The maximum atomic E-state index is 12.2. The van der Waals surface area contributed by atoms with E-state index in [1.807, 2.05) is 0 Å². The highest BCUT2D eigenvalue weighted by atomic mass is 16.5. The molecule has 0 aliphatic rings. The van der Waals surface area contributed by atoms with E-state index >= 15 is 0 Å². The number of ether oxygens (including phenoxy) is 1. The van der Waals surface area contributed by atoms with Crippen LogP contribution in [0.5, 0.6) is 5.75 Å². The minimum Gasteiger partial charge on any atom is -0.497 e. The number of benzene rings is 2. The lowest BCUT2D eigenvalue weighted by Crippen LogP contribution is -2.11. The molecule has 0 spiro atoms. The smallest absolute Gasteiger partial charge is 0.170 e. The first-order chi connectivity index (χ1) is 11.8. The molecule has 0 amide bonds. The van der Waals surface area contributed by atoms with Crippen molar-refractivity contribution in [1.29, 1.82) is 0 Å². The summed E-state index contributed by atoms with van der Waals surface area (Å²) in [5.74, 6) is 0.526. The zero-order valence-corrected chi connectivity index (χ0v) is 15.5. The van der Waals surface area contributed by atoms with Crippen LogP contribution in [-0.4, -0.2) is 18.7 Å². The number of Topliss-reactive ketones (excluding diaryl/α,β-unsaturated/α-hetero) is 2. The highest BCUT2D eigenvalue weighted by Gasteiger charge is 2.14. The summed E-state index contributed by atoms with van der Waals surface area (Å²) in [6.07, 6.45) is 1.00. The van der Waals surface area contributed by atoms with Gasteiger partial charge in [0, 0.05) is 12.0 Å². The van der Waals surface area contributed by atoms with Gasteiger partial charge < -0.3 is 4.74 Å². The Morgan fingerprint density at radius 1 is 0.920 bits per heavy atom. The van der Waals surface area contributed by atoms with Crippen LogP contribution in [0, 0.1) is 0 Å². The van der Waals surface area contributed by atoms with Gasteiger partial charge >= 0.3 is 0 Å². The molecular weight excluding hydrogens is 312 g/mol. The minimum atomic E-state index is -0.143. The van der Waals surface area contributed by atoms with Crippen molar-refractivity contribution in [1.82, 2.24) is 0 Å². The van der Waals surface area contributed by atoms with Crippen LogP contribution < -0.4 is 4.74 Å². The van der Waals surface area contributed by atoms with Gasteiger partial charge in [-0.25, -0.2) is 0 Å². The van der Waals surface area contributed by atoms with Gasteiger partial charge in [-0.2, -0.15) is 0 Å². The number of hydrogen-bond donors (Lipinski definition) is 0. The van der Waals surface area contributed by atoms with Gasteiger partial charge in [0.2, 0.25) is 0 Å². The van der Waals surface area contributed by atoms with Crippen LogP contribution in [0.2, 0.25) is 0 Å². The fraction of sp³-hybridized carbons (Fsp3) is 0.364. The van der Waals surface area contributed by atoms with E-state index in [1.54, 1.807) is 31.4 Å². The van der Waals surface area contributed by atoms with E-state index in [0.717, 1.165) is 5.56 Å². The number of carbonyl (C=O) groups is 2. The lowest BCUT2D eigenvalue weighted by molar-refractivity contribution is -0.118. The molecule has 0 aliphatic carbocycles. The molecule has 0 radical (unpaired) electrons. The van der Waals surface area contributed by atoms with Crippen LogP contribution in [0.4, 0.5) is 0 Å². The molecule has 3 nitrogen and oxygen atoms in total. The summed E-state index contributed by atoms with van der Waals surface area (Å²) in [6.45, 7) is 6.53. The Morgan fingerprint density at radius 2 is 1.52 bits per heavy atom. The van der Waals surface area contributed by atoms with Crippen molar-refractivity contribution >= 4 is 11.6 Å². The van der Waals surface area contributed by atoms with E-state index in [4.69, 9.17) is 4.74 Å². The van der Waals surface area contributed by atoms with E-state index in [1.165, 1.54) is 5.56 Å². The monoisotopic (exact) mass is 338 g/mol. The largest absolute Gasteiger partial charge is 0.497 e. The molecule has 0 unspecified atom stereocenters. The first kappa shape index (κ1) is 18.9. The van der Waals surface area contributed by atoms with E-state index in [9.17, 15) is 9.59 Å². The SMILES string of the molecule is COc1ccc(C(=O)CC(=O)CCc2ccc(C(C)(C)C)cc2)cc1. The summed E-state index contributed by atoms with van der Waals surface area (Å²) in [5.41, 5.74) is 3.07. The van der Waals surface area contributed by atoms with Crippen molar-refractivity contribution < 1.29 is 14.3 Å². The van der Waals surface area contributed by atoms with Crippen LogP contribution in [0.3, 0.4) is 0 Å². The number of aryl methyl sites for hydroxylation is 1. The minimum absolute atomic E-state index is 0.0271. The molecule has 0 aliphatic heterocycles. The predicted molar refractivity (Wildman–Crippen MR) is 100 cm³/mol. The maximum Gasteiger partial charge on any atom is 0.170 e. The van der Waals surface area contributed by atoms with E-state index in [2.05, 4.69) is 45.0 Å². The standard InChI is InChI=1S/C22H26O3/c1-22(2,3)18-10-5-16(6-11-18)7-12-19(23)15-21(24)17-8-13-20(25-4)14-9-17/h5-6,8-11,13-14H,7,12,15H2,1-4H3. The highest BCUT2D eigenvalue weighted by Crippen LogP contribution is 2.22. The van der Waals surface area contributed by atoms with Gasteiger partial charge in [-0.15, -0.1) is 0 Å². The van der Waals surface area contributed by atoms with Crippen molar-refractivity contribution in [3.8, 4) is 5.75 Å². The Morgan fingerprint density at radius 3 is 2.04 bits per heavy atom. The van der Waals surface area contributed by atoms with Gasteiger partial charge in [-0.1, -0.05) is 45.0 Å². The number of ketones is 2. The molecule has 0 fully saturated rings. The van der Waals surface area contributed by atoms with Gasteiger partial charge in [-0.3, -0.25) is 9.59 Å². The molecule has 3 heteroatoms. The molecule has 2 aromatic rings. The summed E-state index contributed by atoms with van der Waals surface area (Å²) in [7, 11) is 1.58. The lowest BCUT2D eigenvalue weighted by atomic mass is 9.86. The Hall–Kier alpha value is -2.42. The highest BCUT2D eigenvalue weighted by molar-refractivity contribution is 6.08. The molecule has 25 heavy (non-hydrogen) atoms. The second-order valence-corrected chi connectivity index (χ2v) is 7.31. The summed E-state index contributed by atoms with van der Waals surface area (Å²) in [5, 5.41) is 0. The summed E-state index contributed by atoms with van der Waals surface area (Å²) in [4.78, 5) is 24.3. The molecule has 2 aromatic carbocycles. The fourth-order valence-corrected chi connectivity index (χ4v) is 2.60. The third-order valence-corrected chi connectivity index (χ3v) is 4.28. The van der Waals surface area contributed by atoms with E-state index < -0.39 is 0 Å². The average molecular weight is 338 g/mol. The second kappa shape index (κ2) is 8.11. The summed E-state index contributed by atoms with van der Waals surface area (Å²) in [6, 6.07) is 15.2. The molecule has 0 aromatic heterocycles.